The number of nitrogens with one attached hydrogen (secondary N) is 1. The number of benzene rings is 1. The number of carboxylic acids is 1. The predicted molar refractivity (Wildman–Crippen MR) is 118 cm³/mol. The Balaban J connectivity index is 0.00000196. The van der Waals surface area contributed by atoms with Gasteiger partial charge >= 0.3 is 5.97 Å². The Morgan fingerprint density at radius 2 is 1.82 bits per heavy atom. The molecule has 2 aromatic heterocycles. The zero-order chi connectivity index (χ0) is 18.5. The van der Waals surface area contributed by atoms with E-state index in [1.54, 1.807) is 24.5 Å². The molecule has 3 rings (SSSR count). The molecule has 0 aliphatic carbocycles. The van der Waals surface area contributed by atoms with E-state index in [1.807, 2.05) is 29.8 Å². The molecule has 0 saturated carbocycles. The number of fused-ring (bicyclic) bond motifs is 1. The van der Waals surface area contributed by atoms with E-state index in [4.69, 9.17) is 5.11 Å². The fourth-order valence-electron chi connectivity index (χ4n) is 2.81. The molecule has 0 fully saturated rings. The zero-order valence-electron chi connectivity index (χ0n) is 15.3. The van der Waals surface area contributed by atoms with Crippen LogP contribution in [0.3, 0.4) is 0 Å². The highest BCUT2D eigenvalue weighted by Crippen LogP contribution is 2.18. The van der Waals surface area contributed by atoms with Crippen LogP contribution in [0.4, 0.5) is 0 Å². The highest BCUT2D eigenvalue weighted by Gasteiger charge is 2.12. The van der Waals surface area contributed by atoms with Crippen molar-refractivity contribution >= 4 is 56.9 Å². The van der Waals surface area contributed by atoms with E-state index < -0.39 is 5.97 Å². The molecule has 0 saturated heterocycles. The fraction of sp³-hybridized carbons (Fsp3) is 0.263. The van der Waals surface area contributed by atoms with Crippen molar-refractivity contribution in [2.75, 3.05) is 6.54 Å². The van der Waals surface area contributed by atoms with Crippen LogP contribution in [0.2, 0.25) is 0 Å². The molecule has 0 spiro atoms. The summed E-state index contributed by atoms with van der Waals surface area (Å²) in [7, 11) is 1.96. The molecule has 0 atom stereocenters. The Hall–Kier alpha value is -2.26. The van der Waals surface area contributed by atoms with Crippen LogP contribution in [-0.2, 0) is 24.7 Å². The minimum absolute atomic E-state index is 0. The number of hydrogen-bond donors (Lipinski definition) is 2. The molecular weight excluding hydrogens is 492 g/mol. The second-order valence-corrected chi connectivity index (χ2v) is 6.05. The Morgan fingerprint density at radius 3 is 2.50 bits per heavy atom. The first kappa shape index (κ1) is 23.8. The summed E-state index contributed by atoms with van der Waals surface area (Å²) in [5.74, 6) is -0.290. The summed E-state index contributed by atoms with van der Waals surface area (Å²) < 4.78 is 2.03. The summed E-state index contributed by atoms with van der Waals surface area (Å²) in [5, 5.41) is 11.2. The van der Waals surface area contributed by atoms with Crippen molar-refractivity contribution in [3.05, 3.63) is 59.7 Å². The van der Waals surface area contributed by atoms with Gasteiger partial charge in [-0.15, -0.1) is 34.0 Å². The first-order valence-corrected chi connectivity index (χ1v) is 8.39. The van der Waals surface area contributed by atoms with Gasteiger partial charge in [-0.3, -0.25) is 14.6 Å². The quantitative estimate of drug-likeness (QED) is 0.506. The van der Waals surface area contributed by atoms with Gasteiger partial charge in [-0.2, -0.15) is 0 Å². The van der Waals surface area contributed by atoms with Crippen LogP contribution in [0.15, 0.2) is 42.7 Å². The van der Waals surface area contributed by atoms with Crippen molar-refractivity contribution < 1.29 is 14.7 Å². The highest BCUT2D eigenvalue weighted by molar-refractivity contribution is 8.93. The lowest BCUT2D eigenvalue weighted by atomic mass is 10.1. The summed E-state index contributed by atoms with van der Waals surface area (Å²) in [6.45, 7) is 0.103. The van der Waals surface area contributed by atoms with Gasteiger partial charge < -0.3 is 15.0 Å². The van der Waals surface area contributed by atoms with E-state index in [9.17, 15) is 9.59 Å². The van der Waals surface area contributed by atoms with E-state index in [0.29, 0.717) is 5.56 Å². The summed E-state index contributed by atoms with van der Waals surface area (Å²) in [6, 6.07) is 9.31. The number of imidazole rings is 1. The number of aromatic nitrogens is 3. The van der Waals surface area contributed by atoms with E-state index >= 15 is 0 Å². The van der Waals surface area contributed by atoms with Gasteiger partial charge in [0.05, 0.1) is 17.5 Å². The first-order chi connectivity index (χ1) is 12.5. The molecule has 2 N–H and O–H groups in total. The van der Waals surface area contributed by atoms with Gasteiger partial charge in [0.2, 0.25) is 0 Å². The number of nitrogens with zero attached hydrogens (tertiary/aromatic N) is 3. The van der Waals surface area contributed by atoms with Crippen molar-refractivity contribution in [1.82, 2.24) is 19.9 Å². The Labute approximate surface area is 183 Å². The zero-order valence-corrected chi connectivity index (χ0v) is 18.7. The molecule has 1 aromatic carbocycles. The fourth-order valence-corrected chi connectivity index (χ4v) is 2.81. The number of carbonyl (C=O) groups excluding carboxylic acids is 1. The molecular formula is C19H22Br2N4O3. The van der Waals surface area contributed by atoms with E-state index in [0.717, 1.165) is 29.7 Å². The molecule has 28 heavy (non-hydrogen) atoms. The third kappa shape index (κ3) is 5.87. The lowest BCUT2D eigenvalue weighted by Gasteiger charge is -2.04. The topological polar surface area (TPSA) is 97.1 Å². The van der Waals surface area contributed by atoms with Crippen LogP contribution in [0.25, 0.3) is 11.0 Å². The maximum atomic E-state index is 12.1. The average molecular weight is 514 g/mol. The molecule has 7 nitrogen and oxygen atoms in total. The number of pyridine rings is 1. The largest absolute Gasteiger partial charge is 0.481 e. The number of rotatable bonds is 7. The molecule has 0 radical (unpaired) electrons. The summed E-state index contributed by atoms with van der Waals surface area (Å²) in [6.07, 6.45) is 5.10. The number of hydrogen-bond acceptors (Lipinski definition) is 4. The molecule has 0 aliphatic rings. The summed E-state index contributed by atoms with van der Waals surface area (Å²) in [5.41, 5.74) is 3.38. The second-order valence-electron chi connectivity index (χ2n) is 6.05. The molecule has 3 aromatic rings. The van der Waals surface area contributed by atoms with Gasteiger partial charge in [0.25, 0.3) is 5.91 Å². The number of halogens is 2. The van der Waals surface area contributed by atoms with Crippen molar-refractivity contribution in [1.29, 1.82) is 0 Å². The third-order valence-corrected chi connectivity index (χ3v) is 4.25. The van der Waals surface area contributed by atoms with Crippen LogP contribution in [0.5, 0.6) is 0 Å². The van der Waals surface area contributed by atoms with Gasteiger partial charge in [-0.1, -0.05) is 0 Å². The molecule has 0 bridgehead atoms. The summed E-state index contributed by atoms with van der Waals surface area (Å²) >= 11 is 0. The average Bonchev–Trinajstić information content (AvgIpc) is 2.96. The maximum Gasteiger partial charge on any atom is 0.305 e. The molecule has 2 heterocycles. The molecule has 9 heteroatoms. The van der Waals surface area contributed by atoms with Gasteiger partial charge in [0.15, 0.2) is 0 Å². The van der Waals surface area contributed by atoms with E-state index in [1.165, 1.54) is 5.56 Å². The number of carboxylic acid groups (broad SMARTS) is 1. The first-order valence-electron chi connectivity index (χ1n) is 8.39. The van der Waals surface area contributed by atoms with Crippen molar-refractivity contribution in [2.24, 2.45) is 7.05 Å². The van der Waals surface area contributed by atoms with Crippen LogP contribution < -0.4 is 5.32 Å². The van der Waals surface area contributed by atoms with Crippen LogP contribution in [0.1, 0.15) is 28.2 Å². The second kappa shape index (κ2) is 10.9. The highest BCUT2D eigenvalue weighted by atomic mass is 79.9. The summed E-state index contributed by atoms with van der Waals surface area (Å²) in [4.78, 5) is 31.3. The minimum Gasteiger partial charge on any atom is -0.481 e. The van der Waals surface area contributed by atoms with Gasteiger partial charge in [-0.25, -0.2) is 4.98 Å². The normalized spacial score (nSPS) is 10.0. The van der Waals surface area contributed by atoms with Gasteiger partial charge in [-0.05, 0) is 42.3 Å². The number of carbonyl (C=O) groups is 2. The molecule has 1 amide bonds. The number of amides is 1. The Kier molecular flexibility index (Phi) is 9.27. The molecule has 0 aliphatic heterocycles. The number of aliphatic carboxylic acids is 1. The Bertz CT molecular complexity index is 945. The van der Waals surface area contributed by atoms with Crippen LogP contribution in [0, 0.1) is 0 Å². The van der Waals surface area contributed by atoms with Gasteiger partial charge in [0.1, 0.15) is 5.82 Å². The van der Waals surface area contributed by atoms with Crippen molar-refractivity contribution in [2.45, 2.75) is 19.3 Å². The van der Waals surface area contributed by atoms with Crippen LogP contribution in [-0.4, -0.2) is 38.1 Å². The SMILES string of the molecule is Br.Br.Cn1c(CCc2ccncc2)nc2cc(C(=O)NCCC(=O)O)ccc21. The van der Waals surface area contributed by atoms with Crippen molar-refractivity contribution in [3.63, 3.8) is 0 Å². The maximum absolute atomic E-state index is 12.1. The molecule has 150 valence electrons. The van der Waals surface area contributed by atoms with Gasteiger partial charge in [0, 0.05) is 38.0 Å². The van der Waals surface area contributed by atoms with E-state index in [-0.39, 0.29) is 52.8 Å². The van der Waals surface area contributed by atoms with E-state index in [2.05, 4.69) is 15.3 Å². The minimum atomic E-state index is -0.940. The van der Waals surface area contributed by atoms with Crippen molar-refractivity contribution in [3.8, 4) is 0 Å². The predicted octanol–water partition coefficient (Wildman–Crippen LogP) is 3.11. The monoisotopic (exact) mass is 512 g/mol. The smallest absolute Gasteiger partial charge is 0.305 e. The number of aryl methyl sites for hydroxylation is 3. The Morgan fingerprint density at radius 1 is 1.11 bits per heavy atom. The van der Waals surface area contributed by atoms with Crippen LogP contribution >= 0.6 is 34.0 Å². The lowest BCUT2D eigenvalue weighted by molar-refractivity contribution is -0.136. The molecule has 0 unspecified atom stereocenters. The standard InChI is InChI=1S/C19H20N4O3.2BrH/c1-23-16-4-3-14(19(26)21-11-8-18(24)25)12-15(16)22-17(23)5-2-13-6-9-20-10-7-13;;/h3-4,6-7,9-10,12H,2,5,8,11H2,1H3,(H,21,26)(H,24,25);2*1H. The lowest BCUT2D eigenvalue weighted by Crippen LogP contribution is -2.25. The third-order valence-electron chi connectivity index (χ3n) is 4.25.